The molecule has 0 radical (unpaired) electrons. The van der Waals surface area contributed by atoms with Crippen LogP contribution in [0.2, 0.25) is 5.15 Å². The van der Waals surface area contributed by atoms with Gasteiger partial charge in [-0.25, -0.2) is 9.97 Å². The summed E-state index contributed by atoms with van der Waals surface area (Å²) >= 11 is 5.79. The Bertz CT molecular complexity index is 390. The summed E-state index contributed by atoms with van der Waals surface area (Å²) in [5, 5.41) is 7.05. The summed E-state index contributed by atoms with van der Waals surface area (Å²) in [4.78, 5) is 8.06. The average molecular weight is 195 g/mol. The molecule has 0 bridgehead atoms. The van der Waals surface area contributed by atoms with E-state index >= 15 is 0 Å². The Kier molecular flexibility index (Phi) is 1.98. The summed E-state index contributed by atoms with van der Waals surface area (Å²) < 4.78 is 0. The fourth-order valence-electron chi connectivity index (χ4n) is 1.11. The van der Waals surface area contributed by atoms with Crippen LogP contribution in [0.4, 0.5) is 0 Å². The van der Waals surface area contributed by atoms with Crippen molar-refractivity contribution in [2.45, 2.75) is 6.92 Å². The zero-order valence-corrected chi connectivity index (χ0v) is 7.71. The quantitative estimate of drug-likeness (QED) is 0.705. The molecular weight excluding hydrogens is 188 g/mol. The van der Waals surface area contributed by atoms with Crippen LogP contribution < -0.4 is 0 Å². The normalized spacial score (nSPS) is 10.3. The number of pyridine rings is 1. The molecule has 0 aromatic carbocycles. The molecule has 2 heterocycles. The monoisotopic (exact) mass is 194 g/mol. The lowest BCUT2D eigenvalue weighted by Gasteiger charge is -1.97. The Morgan fingerprint density at radius 3 is 2.85 bits per heavy atom. The van der Waals surface area contributed by atoms with E-state index in [0.717, 1.165) is 11.3 Å². The molecule has 0 spiro atoms. The van der Waals surface area contributed by atoms with Gasteiger partial charge in [-0.3, -0.25) is 5.10 Å². The van der Waals surface area contributed by atoms with Gasteiger partial charge in [0.2, 0.25) is 0 Å². The molecule has 0 aliphatic carbocycles. The average Bonchev–Trinajstić information content (AvgIpc) is 2.53. The Hall–Kier alpha value is -1.42. The van der Waals surface area contributed by atoms with Crippen molar-refractivity contribution in [1.82, 2.24) is 20.2 Å². The molecule has 2 aromatic rings. The maximum Gasteiger partial charge on any atom is 0.181 e. The first-order valence-electron chi connectivity index (χ1n) is 3.76. The molecule has 66 valence electrons. The minimum absolute atomic E-state index is 0.458. The Morgan fingerprint density at radius 2 is 2.23 bits per heavy atom. The highest BCUT2D eigenvalue weighted by molar-refractivity contribution is 6.29. The van der Waals surface area contributed by atoms with Gasteiger partial charge < -0.3 is 0 Å². The van der Waals surface area contributed by atoms with Gasteiger partial charge in [0.25, 0.3) is 0 Å². The number of aryl methyl sites for hydroxylation is 1. The summed E-state index contributed by atoms with van der Waals surface area (Å²) in [6, 6.07) is 3.62. The molecule has 0 amide bonds. The van der Waals surface area contributed by atoms with Crippen molar-refractivity contribution in [3.63, 3.8) is 0 Å². The molecule has 0 fully saturated rings. The number of aromatic nitrogens is 4. The summed E-state index contributed by atoms with van der Waals surface area (Å²) in [5.74, 6) is 0.632. The van der Waals surface area contributed by atoms with E-state index in [1.54, 1.807) is 6.07 Å². The third kappa shape index (κ3) is 1.67. The second-order valence-electron chi connectivity index (χ2n) is 2.64. The summed E-state index contributed by atoms with van der Waals surface area (Å²) in [7, 11) is 0. The maximum atomic E-state index is 5.79. The fraction of sp³-hybridized carbons (Fsp3) is 0.125. The summed E-state index contributed by atoms with van der Waals surface area (Å²) in [6.45, 7) is 1.88. The summed E-state index contributed by atoms with van der Waals surface area (Å²) in [6.07, 6.45) is 1.53. The molecule has 0 aliphatic heterocycles. The van der Waals surface area contributed by atoms with E-state index in [1.807, 2.05) is 13.0 Å². The van der Waals surface area contributed by atoms with Gasteiger partial charge in [-0.1, -0.05) is 11.6 Å². The van der Waals surface area contributed by atoms with Crippen LogP contribution in [-0.2, 0) is 0 Å². The predicted molar refractivity (Wildman–Crippen MR) is 49.4 cm³/mol. The highest BCUT2D eigenvalue weighted by Crippen LogP contribution is 2.18. The van der Waals surface area contributed by atoms with Crippen LogP contribution in [0.25, 0.3) is 11.4 Å². The van der Waals surface area contributed by atoms with Gasteiger partial charge in [-0.05, 0) is 19.1 Å². The van der Waals surface area contributed by atoms with E-state index in [0.29, 0.717) is 11.0 Å². The van der Waals surface area contributed by atoms with Crippen molar-refractivity contribution in [3.05, 3.63) is 29.3 Å². The standard InChI is InChI=1S/C8H7ClN4/c1-5-2-6(3-7(9)12-5)8-10-4-11-13-8/h2-4H,1H3,(H,10,11,13). The van der Waals surface area contributed by atoms with Crippen LogP contribution in [0.3, 0.4) is 0 Å². The minimum Gasteiger partial charge on any atom is -0.265 e. The van der Waals surface area contributed by atoms with Gasteiger partial charge in [0.15, 0.2) is 5.82 Å². The lowest BCUT2D eigenvalue weighted by atomic mass is 10.2. The zero-order valence-electron chi connectivity index (χ0n) is 6.95. The lowest BCUT2D eigenvalue weighted by molar-refractivity contribution is 1.09. The van der Waals surface area contributed by atoms with E-state index in [4.69, 9.17) is 11.6 Å². The number of hydrogen-bond acceptors (Lipinski definition) is 3. The van der Waals surface area contributed by atoms with E-state index in [9.17, 15) is 0 Å². The van der Waals surface area contributed by atoms with Crippen molar-refractivity contribution in [2.24, 2.45) is 0 Å². The van der Waals surface area contributed by atoms with Crippen molar-refractivity contribution in [1.29, 1.82) is 0 Å². The maximum absolute atomic E-state index is 5.79. The van der Waals surface area contributed by atoms with Crippen molar-refractivity contribution in [3.8, 4) is 11.4 Å². The van der Waals surface area contributed by atoms with Crippen molar-refractivity contribution in [2.75, 3.05) is 0 Å². The summed E-state index contributed by atoms with van der Waals surface area (Å²) in [5.41, 5.74) is 1.73. The molecule has 5 heteroatoms. The minimum atomic E-state index is 0.458. The third-order valence-corrected chi connectivity index (χ3v) is 1.79. The molecule has 1 N–H and O–H groups in total. The molecule has 0 unspecified atom stereocenters. The Labute approximate surface area is 80.0 Å². The number of nitrogens with zero attached hydrogens (tertiary/aromatic N) is 3. The SMILES string of the molecule is Cc1cc(-c2nc[nH]n2)cc(Cl)n1. The van der Waals surface area contributed by atoms with E-state index in [1.165, 1.54) is 6.33 Å². The van der Waals surface area contributed by atoms with E-state index in [-0.39, 0.29) is 0 Å². The number of hydrogen-bond donors (Lipinski definition) is 1. The number of rotatable bonds is 1. The van der Waals surface area contributed by atoms with Crippen LogP contribution in [0, 0.1) is 6.92 Å². The molecule has 0 saturated heterocycles. The number of nitrogens with one attached hydrogen (secondary N) is 1. The topological polar surface area (TPSA) is 54.5 Å². The van der Waals surface area contributed by atoms with Gasteiger partial charge in [0.05, 0.1) is 0 Å². The number of H-pyrrole nitrogens is 1. The molecule has 0 saturated carbocycles. The largest absolute Gasteiger partial charge is 0.265 e. The van der Waals surface area contributed by atoms with Crippen molar-refractivity contribution >= 4 is 11.6 Å². The van der Waals surface area contributed by atoms with Crippen LogP contribution in [-0.4, -0.2) is 20.2 Å². The van der Waals surface area contributed by atoms with Gasteiger partial charge >= 0.3 is 0 Å². The highest BCUT2D eigenvalue weighted by Gasteiger charge is 2.03. The van der Waals surface area contributed by atoms with E-state index < -0.39 is 0 Å². The molecular formula is C8H7ClN4. The first-order chi connectivity index (χ1) is 6.25. The van der Waals surface area contributed by atoms with Crippen LogP contribution in [0.5, 0.6) is 0 Å². The van der Waals surface area contributed by atoms with Crippen LogP contribution in [0.15, 0.2) is 18.5 Å². The Balaban J connectivity index is 2.53. The molecule has 0 aliphatic rings. The van der Waals surface area contributed by atoms with Crippen LogP contribution >= 0.6 is 11.6 Å². The van der Waals surface area contributed by atoms with Crippen molar-refractivity contribution < 1.29 is 0 Å². The van der Waals surface area contributed by atoms with Crippen LogP contribution in [0.1, 0.15) is 5.69 Å². The lowest BCUT2D eigenvalue weighted by Crippen LogP contribution is -1.86. The van der Waals surface area contributed by atoms with Gasteiger partial charge in [0, 0.05) is 11.3 Å². The van der Waals surface area contributed by atoms with Gasteiger partial charge in [-0.2, -0.15) is 5.10 Å². The predicted octanol–water partition coefficient (Wildman–Crippen LogP) is 1.83. The molecule has 2 aromatic heterocycles. The fourth-order valence-corrected chi connectivity index (χ4v) is 1.36. The van der Waals surface area contributed by atoms with Gasteiger partial charge in [0.1, 0.15) is 11.5 Å². The molecule has 13 heavy (non-hydrogen) atoms. The first kappa shape index (κ1) is 8.19. The smallest absolute Gasteiger partial charge is 0.181 e. The molecule has 4 nitrogen and oxygen atoms in total. The zero-order chi connectivity index (χ0) is 9.26. The number of aromatic amines is 1. The Morgan fingerprint density at radius 1 is 1.38 bits per heavy atom. The third-order valence-electron chi connectivity index (χ3n) is 1.60. The number of halogens is 1. The molecule has 0 atom stereocenters. The highest BCUT2D eigenvalue weighted by atomic mass is 35.5. The second-order valence-corrected chi connectivity index (χ2v) is 3.03. The molecule has 2 rings (SSSR count). The van der Waals surface area contributed by atoms with Gasteiger partial charge in [-0.15, -0.1) is 0 Å². The van der Waals surface area contributed by atoms with E-state index in [2.05, 4.69) is 20.2 Å². The first-order valence-corrected chi connectivity index (χ1v) is 4.14. The second kappa shape index (κ2) is 3.14.